The molecule has 1 aliphatic rings. The van der Waals surface area contributed by atoms with Gasteiger partial charge in [-0.3, -0.25) is 5.43 Å². The van der Waals surface area contributed by atoms with Crippen LogP contribution in [0.15, 0.2) is 54.2 Å². The number of thiocarbonyl (C=S) groups is 1. The predicted molar refractivity (Wildman–Crippen MR) is 122 cm³/mol. The lowest BCUT2D eigenvalue weighted by Crippen LogP contribution is -2.40. The third kappa shape index (κ3) is 3.96. The second kappa shape index (κ2) is 8.33. The molecule has 8 heteroatoms. The third-order valence-corrected chi connectivity index (χ3v) is 5.66. The Kier molecular flexibility index (Phi) is 6.00. The summed E-state index contributed by atoms with van der Waals surface area (Å²) in [5.41, 5.74) is 5.23. The van der Waals surface area contributed by atoms with E-state index in [1.807, 2.05) is 19.9 Å². The summed E-state index contributed by atoms with van der Waals surface area (Å²) in [6, 6.07) is 10.0. The van der Waals surface area contributed by atoms with Gasteiger partial charge in [0, 0.05) is 29.0 Å². The van der Waals surface area contributed by atoms with E-state index in [-0.39, 0.29) is 22.7 Å². The Bertz CT molecular complexity index is 1000. The van der Waals surface area contributed by atoms with Gasteiger partial charge in [-0.25, -0.2) is 10.9 Å². The van der Waals surface area contributed by atoms with E-state index in [2.05, 4.69) is 17.1 Å². The van der Waals surface area contributed by atoms with Crippen molar-refractivity contribution in [1.82, 2.24) is 10.4 Å². The zero-order valence-electron chi connectivity index (χ0n) is 17.2. The van der Waals surface area contributed by atoms with Crippen LogP contribution in [0.1, 0.15) is 43.0 Å². The Labute approximate surface area is 181 Å². The minimum Gasteiger partial charge on any atom is -0.508 e. The highest BCUT2D eigenvalue weighted by atomic mass is 32.1. The van der Waals surface area contributed by atoms with Gasteiger partial charge in [-0.05, 0) is 48.1 Å². The maximum absolute atomic E-state index is 10.6. The molecule has 5 N–H and O–H groups in total. The van der Waals surface area contributed by atoms with Crippen molar-refractivity contribution in [1.29, 1.82) is 0 Å². The standard InChI is InChI=1S/C22H26N4O3S/c1-5-22(2,3)16-10-15(20(29-4)12-19(16)28)18-11-17(25-26(18)21(30)24-23)13-6-8-14(27)9-7-13/h5-10,12,18,27-28H,1,11,23H2,2-4H3,(H,24,30). The van der Waals surface area contributed by atoms with Gasteiger partial charge in [0.1, 0.15) is 17.2 Å². The third-order valence-electron chi connectivity index (χ3n) is 5.35. The van der Waals surface area contributed by atoms with E-state index in [4.69, 9.17) is 22.8 Å². The maximum Gasteiger partial charge on any atom is 0.204 e. The van der Waals surface area contributed by atoms with E-state index in [0.29, 0.717) is 12.2 Å². The molecule has 1 aliphatic heterocycles. The summed E-state index contributed by atoms with van der Waals surface area (Å²) in [5, 5.41) is 26.7. The number of hydrogen-bond donors (Lipinski definition) is 4. The largest absolute Gasteiger partial charge is 0.508 e. The molecular weight excluding hydrogens is 400 g/mol. The number of methoxy groups -OCH3 is 1. The lowest BCUT2D eigenvalue weighted by molar-refractivity contribution is 0.340. The first-order valence-electron chi connectivity index (χ1n) is 9.43. The molecule has 7 nitrogen and oxygen atoms in total. The molecule has 158 valence electrons. The van der Waals surface area contributed by atoms with Crippen LogP contribution in [0.25, 0.3) is 0 Å². The summed E-state index contributed by atoms with van der Waals surface area (Å²) in [7, 11) is 1.55. The number of phenolic OH excluding ortho intramolecular Hbond substituents is 2. The van der Waals surface area contributed by atoms with E-state index >= 15 is 0 Å². The van der Waals surface area contributed by atoms with Gasteiger partial charge in [0.25, 0.3) is 0 Å². The molecule has 0 spiro atoms. The average molecular weight is 427 g/mol. The summed E-state index contributed by atoms with van der Waals surface area (Å²) in [4.78, 5) is 0. The van der Waals surface area contributed by atoms with Gasteiger partial charge < -0.3 is 14.9 Å². The van der Waals surface area contributed by atoms with Gasteiger partial charge in [0.05, 0.1) is 18.9 Å². The Morgan fingerprint density at radius 3 is 2.57 bits per heavy atom. The topological polar surface area (TPSA) is 103 Å². The molecule has 2 aromatic carbocycles. The molecule has 2 aromatic rings. The van der Waals surface area contributed by atoms with Crippen molar-refractivity contribution in [3.63, 3.8) is 0 Å². The molecule has 1 unspecified atom stereocenters. The maximum atomic E-state index is 10.6. The van der Waals surface area contributed by atoms with E-state index in [0.717, 1.165) is 22.4 Å². The van der Waals surface area contributed by atoms with Crippen LogP contribution in [0.2, 0.25) is 0 Å². The van der Waals surface area contributed by atoms with Gasteiger partial charge in [0.15, 0.2) is 0 Å². The van der Waals surface area contributed by atoms with E-state index in [1.54, 1.807) is 48.5 Å². The fourth-order valence-corrected chi connectivity index (χ4v) is 3.65. The molecule has 0 amide bonds. The van der Waals surface area contributed by atoms with Crippen LogP contribution in [0.3, 0.4) is 0 Å². The number of nitrogens with two attached hydrogens (primary N) is 1. The zero-order valence-corrected chi connectivity index (χ0v) is 18.0. The molecule has 0 radical (unpaired) electrons. The molecule has 1 atom stereocenters. The molecule has 30 heavy (non-hydrogen) atoms. The van der Waals surface area contributed by atoms with Crippen LogP contribution >= 0.6 is 12.2 Å². The number of nitrogens with one attached hydrogen (secondary N) is 1. The molecule has 0 fully saturated rings. The smallest absolute Gasteiger partial charge is 0.204 e. The molecule has 0 aromatic heterocycles. The van der Waals surface area contributed by atoms with Gasteiger partial charge in [-0.1, -0.05) is 19.9 Å². The van der Waals surface area contributed by atoms with Crippen molar-refractivity contribution in [2.24, 2.45) is 10.9 Å². The van der Waals surface area contributed by atoms with Crippen LogP contribution in [0.4, 0.5) is 0 Å². The van der Waals surface area contributed by atoms with Crippen LogP contribution in [-0.2, 0) is 5.41 Å². The Morgan fingerprint density at radius 1 is 1.33 bits per heavy atom. The number of hydrogen-bond acceptors (Lipinski definition) is 6. The second-order valence-corrected chi connectivity index (χ2v) is 8.03. The number of allylic oxidation sites excluding steroid dienone is 1. The number of aromatic hydroxyl groups is 2. The van der Waals surface area contributed by atoms with Crippen LogP contribution in [0.5, 0.6) is 17.2 Å². The number of ether oxygens (including phenoxy) is 1. The number of phenols is 2. The SMILES string of the molecule is C=CC(C)(C)c1cc(C2CC(c3ccc(O)cc3)=NN2C(=S)NN)c(OC)cc1O. The van der Waals surface area contributed by atoms with E-state index in [1.165, 1.54) is 0 Å². The van der Waals surface area contributed by atoms with Crippen LogP contribution in [-0.4, -0.2) is 33.2 Å². The molecular formula is C22H26N4O3S. The van der Waals surface area contributed by atoms with Crippen LogP contribution < -0.4 is 16.0 Å². The first-order chi connectivity index (χ1) is 14.2. The number of rotatable bonds is 5. The number of benzene rings is 2. The summed E-state index contributed by atoms with van der Waals surface area (Å²) < 4.78 is 5.57. The first-order valence-corrected chi connectivity index (χ1v) is 9.84. The van der Waals surface area contributed by atoms with Crippen molar-refractivity contribution >= 4 is 23.0 Å². The van der Waals surface area contributed by atoms with Gasteiger partial charge in [-0.2, -0.15) is 5.10 Å². The van der Waals surface area contributed by atoms with Crippen LogP contribution in [0, 0.1) is 0 Å². The summed E-state index contributed by atoms with van der Waals surface area (Å²) in [5.74, 6) is 6.42. The van der Waals surface area contributed by atoms with E-state index in [9.17, 15) is 10.2 Å². The van der Waals surface area contributed by atoms with Crippen molar-refractivity contribution in [2.45, 2.75) is 31.7 Å². The number of hydrazine groups is 1. The summed E-state index contributed by atoms with van der Waals surface area (Å²) in [6.45, 7) is 7.84. The summed E-state index contributed by atoms with van der Waals surface area (Å²) in [6.07, 6.45) is 2.32. The lowest BCUT2D eigenvalue weighted by atomic mass is 9.82. The van der Waals surface area contributed by atoms with Gasteiger partial charge in [-0.15, -0.1) is 6.58 Å². The zero-order chi connectivity index (χ0) is 22.1. The first kappa shape index (κ1) is 21.6. The van der Waals surface area contributed by atoms with Crippen molar-refractivity contribution in [3.8, 4) is 17.2 Å². The molecule has 0 bridgehead atoms. The molecule has 0 saturated carbocycles. The highest BCUT2D eigenvalue weighted by Crippen LogP contribution is 2.43. The normalized spacial score (nSPS) is 16.2. The van der Waals surface area contributed by atoms with E-state index < -0.39 is 5.41 Å². The lowest BCUT2D eigenvalue weighted by Gasteiger charge is -2.28. The molecule has 1 heterocycles. The van der Waals surface area contributed by atoms with Crippen molar-refractivity contribution < 1.29 is 14.9 Å². The molecule has 0 saturated heterocycles. The Hall–Kier alpha value is -3.10. The minimum absolute atomic E-state index is 0.129. The number of hydrazone groups is 1. The highest BCUT2D eigenvalue weighted by molar-refractivity contribution is 7.80. The summed E-state index contributed by atoms with van der Waals surface area (Å²) >= 11 is 5.39. The fraction of sp³-hybridized carbons (Fsp3) is 0.273. The monoisotopic (exact) mass is 426 g/mol. The minimum atomic E-state index is -0.457. The predicted octanol–water partition coefficient (Wildman–Crippen LogP) is 3.47. The van der Waals surface area contributed by atoms with Crippen molar-refractivity contribution in [3.05, 3.63) is 65.7 Å². The fourth-order valence-electron chi connectivity index (χ4n) is 3.48. The Morgan fingerprint density at radius 2 is 2.00 bits per heavy atom. The second-order valence-electron chi connectivity index (χ2n) is 7.64. The quantitative estimate of drug-likeness (QED) is 0.251. The highest BCUT2D eigenvalue weighted by Gasteiger charge is 2.35. The van der Waals surface area contributed by atoms with Gasteiger partial charge in [0.2, 0.25) is 5.11 Å². The average Bonchev–Trinajstić information content (AvgIpc) is 3.18. The molecule has 3 rings (SSSR count). The molecule has 0 aliphatic carbocycles. The number of nitrogens with zero attached hydrogens (tertiary/aromatic N) is 2. The van der Waals surface area contributed by atoms with Crippen molar-refractivity contribution in [2.75, 3.05) is 7.11 Å². The Balaban J connectivity index is 2.11. The van der Waals surface area contributed by atoms with Gasteiger partial charge >= 0.3 is 0 Å².